The highest BCUT2D eigenvalue weighted by atomic mass is 16.5. The van der Waals surface area contributed by atoms with Gasteiger partial charge in [0, 0.05) is 30.6 Å². The van der Waals surface area contributed by atoms with Crippen LogP contribution in [-0.4, -0.2) is 29.1 Å². The Morgan fingerprint density at radius 3 is 2.58 bits per heavy atom. The number of para-hydroxylation sites is 2. The van der Waals surface area contributed by atoms with E-state index in [0.29, 0.717) is 13.0 Å². The average Bonchev–Trinajstić information content (AvgIpc) is 3.40. The molecule has 156 valence electrons. The highest BCUT2D eigenvalue weighted by molar-refractivity contribution is 5.96. The minimum Gasteiger partial charge on any atom is -0.497 e. The smallest absolute Gasteiger partial charge is 0.227 e. The van der Waals surface area contributed by atoms with Crippen LogP contribution in [0.2, 0.25) is 0 Å². The monoisotopic (exact) mass is 411 g/mol. The molecule has 1 aliphatic heterocycles. The lowest BCUT2D eigenvalue weighted by atomic mass is 10.0. The molecule has 0 aliphatic carbocycles. The number of hydrogen-bond donors (Lipinski definition) is 0. The topological polar surface area (TPSA) is 47.4 Å². The van der Waals surface area contributed by atoms with Crippen molar-refractivity contribution in [2.75, 3.05) is 18.6 Å². The molecular formula is C26H25N3O2. The maximum Gasteiger partial charge on any atom is 0.227 e. The predicted octanol–water partition coefficient (Wildman–Crippen LogP) is 5.17. The molecular weight excluding hydrogens is 386 g/mol. The van der Waals surface area contributed by atoms with Gasteiger partial charge in [0.05, 0.1) is 24.2 Å². The number of rotatable bonds is 5. The molecule has 1 fully saturated rings. The molecule has 5 rings (SSSR count). The van der Waals surface area contributed by atoms with Crippen LogP contribution in [-0.2, 0) is 4.79 Å². The van der Waals surface area contributed by atoms with Crippen LogP contribution < -0.4 is 9.64 Å². The molecule has 31 heavy (non-hydrogen) atoms. The van der Waals surface area contributed by atoms with Crippen molar-refractivity contribution in [2.24, 2.45) is 0 Å². The zero-order valence-corrected chi connectivity index (χ0v) is 17.7. The van der Waals surface area contributed by atoms with E-state index in [9.17, 15) is 4.79 Å². The lowest BCUT2D eigenvalue weighted by molar-refractivity contribution is -0.117. The second kappa shape index (κ2) is 7.91. The molecule has 1 aromatic heterocycles. The molecule has 5 heteroatoms. The number of ether oxygens (including phenoxy) is 1. The summed E-state index contributed by atoms with van der Waals surface area (Å²) < 4.78 is 7.65. The molecule has 1 amide bonds. The van der Waals surface area contributed by atoms with Gasteiger partial charge in [-0.1, -0.05) is 48.5 Å². The van der Waals surface area contributed by atoms with Gasteiger partial charge in [-0.05, 0) is 36.8 Å². The van der Waals surface area contributed by atoms with Crippen molar-refractivity contribution < 1.29 is 9.53 Å². The van der Waals surface area contributed by atoms with Crippen molar-refractivity contribution >= 4 is 22.6 Å². The molecule has 0 bridgehead atoms. The summed E-state index contributed by atoms with van der Waals surface area (Å²) in [6.45, 7) is 2.81. The minimum atomic E-state index is 0.0252. The van der Waals surface area contributed by atoms with Crippen LogP contribution >= 0.6 is 0 Å². The first kappa shape index (κ1) is 19.4. The third kappa shape index (κ3) is 3.46. The van der Waals surface area contributed by atoms with E-state index in [-0.39, 0.29) is 17.9 Å². The van der Waals surface area contributed by atoms with Crippen molar-refractivity contribution in [3.05, 3.63) is 90.3 Å². The van der Waals surface area contributed by atoms with Gasteiger partial charge in [-0.2, -0.15) is 0 Å². The van der Waals surface area contributed by atoms with E-state index in [1.54, 1.807) is 7.11 Å². The van der Waals surface area contributed by atoms with Gasteiger partial charge in [0.15, 0.2) is 0 Å². The summed E-state index contributed by atoms with van der Waals surface area (Å²) >= 11 is 0. The number of aromatic nitrogens is 2. The summed E-state index contributed by atoms with van der Waals surface area (Å²) in [5.74, 6) is 1.86. The number of benzene rings is 3. The van der Waals surface area contributed by atoms with E-state index >= 15 is 0 Å². The predicted molar refractivity (Wildman–Crippen MR) is 123 cm³/mol. The van der Waals surface area contributed by atoms with Gasteiger partial charge in [0.2, 0.25) is 5.91 Å². The minimum absolute atomic E-state index is 0.0252. The van der Waals surface area contributed by atoms with Crippen LogP contribution in [0.25, 0.3) is 11.0 Å². The van der Waals surface area contributed by atoms with Gasteiger partial charge in [0.1, 0.15) is 11.6 Å². The second-order valence-corrected chi connectivity index (χ2v) is 8.02. The van der Waals surface area contributed by atoms with Crippen LogP contribution in [0.4, 0.5) is 5.69 Å². The van der Waals surface area contributed by atoms with Crippen molar-refractivity contribution in [1.29, 1.82) is 0 Å². The average molecular weight is 412 g/mol. The summed E-state index contributed by atoms with van der Waals surface area (Å²) in [6, 6.07) is 26.5. The summed E-state index contributed by atoms with van der Waals surface area (Å²) in [4.78, 5) is 19.8. The van der Waals surface area contributed by atoms with E-state index in [4.69, 9.17) is 9.72 Å². The number of hydrogen-bond acceptors (Lipinski definition) is 3. The normalized spacial score (nSPS) is 17.3. The molecule has 0 spiro atoms. The molecule has 4 aromatic rings. The highest BCUT2D eigenvalue weighted by Crippen LogP contribution is 2.36. The molecule has 1 saturated heterocycles. The zero-order valence-electron chi connectivity index (χ0n) is 17.7. The molecule has 2 atom stereocenters. The molecule has 1 aliphatic rings. The molecule has 0 saturated carbocycles. The van der Waals surface area contributed by atoms with Crippen molar-refractivity contribution in [2.45, 2.75) is 25.3 Å². The summed E-state index contributed by atoms with van der Waals surface area (Å²) in [5, 5.41) is 0. The lowest BCUT2D eigenvalue weighted by Gasteiger charge is -2.21. The molecule has 3 aromatic carbocycles. The summed E-state index contributed by atoms with van der Waals surface area (Å²) in [7, 11) is 1.64. The fraction of sp³-hybridized carbons (Fsp3) is 0.231. The maximum absolute atomic E-state index is 13.0. The fourth-order valence-electron chi connectivity index (χ4n) is 4.55. The van der Waals surface area contributed by atoms with Crippen molar-refractivity contribution in [3.8, 4) is 5.75 Å². The number of methoxy groups -OCH3 is 1. The molecule has 0 N–H and O–H groups in total. The van der Waals surface area contributed by atoms with Crippen LogP contribution in [0, 0.1) is 0 Å². The van der Waals surface area contributed by atoms with E-state index in [0.717, 1.165) is 28.3 Å². The van der Waals surface area contributed by atoms with Gasteiger partial charge in [-0.3, -0.25) is 4.79 Å². The van der Waals surface area contributed by atoms with Gasteiger partial charge < -0.3 is 14.2 Å². The van der Waals surface area contributed by atoms with Gasteiger partial charge in [0.25, 0.3) is 0 Å². The largest absolute Gasteiger partial charge is 0.497 e. The van der Waals surface area contributed by atoms with Crippen molar-refractivity contribution in [3.63, 3.8) is 0 Å². The lowest BCUT2D eigenvalue weighted by Crippen LogP contribution is -2.24. The Kier molecular flexibility index (Phi) is 4.94. The SMILES string of the molecule is COc1cccc(N2C[C@H](c3nc4ccccc4n3[C@@H](C)c3ccccc3)CC2=O)c1. The Hall–Kier alpha value is -3.60. The van der Waals surface area contributed by atoms with Gasteiger partial charge >= 0.3 is 0 Å². The number of carbonyl (C=O) groups is 1. The summed E-state index contributed by atoms with van der Waals surface area (Å²) in [5.41, 5.74) is 4.15. The number of anilines is 1. The van der Waals surface area contributed by atoms with Crippen LogP contribution in [0.3, 0.4) is 0 Å². The Bertz CT molecular complexity index is 1230. The first-order chi connectivity index (χ1) is 15.2. The Morgan fingerprint density at radius 1 is 1.00 bits per heavy atom. The van der Waals surface area contributed by atoms with Crippen LogP contribution in [0.15, 0.2) is 78.9 Å². The van der Waals surface area contributed by atoms with Crippen molar-refractivity contribution in [1.82, 2.24) is 9.55 Å². The molecule has 0 unspecified atom stereocenters. The third-order valence-corrected chi connectivity index (χ3v) is 6.15. The highest BCUT2D eigenvalue weighted by Gasteiger charge is 2.35. The van der Waals surface area contributed by atoms with E-state index in [2.05, 4.69) is 41.8 Å². The standard InChI is InChI=1S/C26H25N3O2/c1-18(19-9-4-3-5-10-19)29-24-14-7-6-13-23(24)27-26(29)20-15-25(30)28(17-20)21-11-8-12-22(16-21)31-2/h3-14,16,18,20H,15,17H2,1-2H3/t18-,20+/m0/s1. The second-order valence-electron chi connectivity index (χ2n) is 8.02. The van der Waals surface area contributed by atoms with E-state index < -0.39 is 0 Å². The number of carbonyl (C=O) groups excluding carboxylic acids is 1. The quantitative estimate of drug-likeness (QED) is 0.455. The zero-order chi connectivity index (χ0) is 21.4. The number of amides is 1. The van der Waals surface area contributed by atoms with E-state index in [1.807, 2.05) is 53.4 Å². The molecule has 0 radical (unpaired) electrons. The number of imidazole rings is 1. The Labute approximate surface area is 181 Å². The number of nitrogens with zero attached hydrogens (tertiary/aromatic N) is 3. The maximum atomic E-state index is 13.0. The number of fused-ring (bicyclic) bond motifs is 1. The third-order valence-electron chi connectivity index (χ3n) is 6.15. The molecule has 5 nitrogen and oxygen atoms in total. The Balaban J connectivity index is 1.55. The summed E-state index contributed by atoms with van der Waals surface area (Å²) in [6.07, 6.45) is 0.446. The van der Waals surface area contributed by atoms with Gasteiger partial charge in [-0.25, -0.2) is 4.98 Å². The molecule has 2 heterocycles. The first-order valence-corrected chi connectivity index (χ1v) is 10.6. The fourth-order valence-corrected chi connectivity index (χ4v) is 4.55. The Morgan fingerprint density at radius 2 is 1.77 bits per heavy atom. The van der Waals surface area contributed by atoms with Gasteiger partial charge in [-0.15, -0.1) is 0 Å². The van der Waals surface area contributed by atoms with Crippen LogP contribution in [0.5, 0.6) is 5.75 Å². The first-order valence-electron chi connectivity index (χ1n) is 10.6. The van der Waals surface area contributed by atoms with Crippen LogP contribution in [0.1, 0.15) is 36.7 Å². The van der Waals surface area contributed by atoms with E-state index in [1.165, 1.54) is 5.56 Å².